The molecule has 1 amide bonds. The smallest absolute Gasteiger partial charge is 0.548 e. The van der Waals surface area contributed by atoms with E-state index in [2.05, 4.69) is 10.1 Å². The molecule has 26 heavy (non-hydrogen) atoms. The molecule has 2 aromatic rings. The molecular weight excluding hydrogens is 355 g/mol. The second-order valence-electron chi connectivity index (χ2n) is 5.29. The number of carbonyl (C=O) groups excluding carboxylic acids is 2. The number of phenolic OH excluding ortho intramolecular Hbond substituents is 1. The van der Waals surface area contributed by atoms with Gasteiger partial charge in [0.15, 0.2) is 0 Å². The van der Waals surface area contributed by atoms with E-state index < -0.39 is 30.0 Å². The summed E-state index contributed by atoms with van der Waals surface area (Å²) >= 11 is 0. The Kier molecular flexibility index (Phi) is 5.71. The van der Waals surface area contributed by atoms with Gasteiger partial charge in [-0.25, -0.2) is 0 Å². The second kappa shape index (κ2) is 7.77. The summed E-state index contributed by atoms with van der Waals surface area (Å²) in [5.74, 6) is -2.82. The van der Waals surface area contributed by atoms with Gasteiger partial charge in [-0.1, -0.05) is 12.1 Å². The number of amides is 1. The van der Waals surface area contributed by atoms with Gasteiger partial charge in [-0.2, -0.15) is 0 Å². The SMILES string of the molecule is O=C(N[C@@H](Cc1ccc(O)cc1)C(=O)[O-])c1ccc(OC(F)(F)F)cc1. The Bertz CT molecular complexity index is 772. The molecule has 2 rings (SSSR count). The lowest BCUT2D eigenvalue weighted by Crippen LogP contribution is -2.49. The van der Waals surface area contributed by atoms with Crippen LogP contribution in [0.2, 0.25) is 0 Å². The summed E-state index contributed by atoms with van der Waals surface area (Å²) in [7, 11) is 0. The minimum Gasteiger partial charge on any atom is -0.548 e. The van der Waals surface area contributed by atoms with E-state index in [1.165, 1.54) is 24.3 Å². The number of alkyl halides is 3. The van der Waals surface area contributed by atoms with E-state index in [1.807, 2.05) is 0 Å². The molecule has 2 aromatic carbocycles. The van der Waals surface area contributed by atoms with Crippen molar-refractivity contribution in [2.45, 2.75) is 18.8 Å². The number of phenols is 1. The van der Waals surface area contributed by atoms with Crippen molar-refractivity contribution in [3.05, 3.63) is 59.7 Å². The summed E-state index contributed by atoms with van der Waals surface area (Å²) in [5.41, 5.74) is 0.489. The summed E-state index contributed by atoms with van der Waals surface area (Å²) in [4.78, 5) is 23.3. The number of carboxylic acids is 1. The normalized spacial score (nSPS) is 12.3. The Balaban J connectivity index is 2.05. The minimum absolute atomic E-state index is 0.00366. The Labute approximate surface area is 145 Å². The highest BCUT2D eigenvalue weighted by Gasteiger charge is 2.31. The summed E-state index contributed by atoms with van der Waals surface area (Å²) in [6.07, 6.45) is -4.95. The summed E-state index contributed by atoms with van der Waals surface area (Å²) in [6, 6.07) is 8.37. The van der Waals surface area contributed by atoms with E-state index >= 15 is 0 Å². The lowest BCUT2D eigenvalue weighted by Gasteiger charge is -2.20. The van der Waals surface area contributed by atoms with Crippen molar-refractivity contribution in [1.29, 1.82) is 0 Å². The maximum absolute atomic E-state index is 12.1. The first-order valence-corrected chi connectivity index (χ1v) is 7.29. The Hall–Kier alpha value is -3.23. The van der Waals surface area contributed by atoms with E-state index in [0.717, 1.165) is 24.3 Å². The van der Waals surface area contributed by atoms with Crippen LogP contribution in [-0.2, 0) is 11.2 Å². The predicted molar refractivity (Wildman–Crippen MR) is 81.2 cm³/mol. The molecule has 138 valence electrons. The van der Waals surface area contributed by atoms with Crippen LogP contribution in [0, 0.1) is 0 Å². The van der Waals surface area contributed by atoms with Crippen LogP contribution in [0.4, 0.5) is 13.2 Å². The van der Waals surface area contributed by atoms with Crippen molar-refractivity contribution in [2.75, 3.05) is 0 Å². The zero-order valence-electron chi connectivity index (χ0n) is 13.1. The van der Waals surface area contributed by atoms with Gasteiger partial charge in [0.05, 0.1) is 12.0 Å². The molecule has 1 atom stereocenters. The summed E-state index contributed by atoms with van der Waals surface area (Å²) in [6.45, 7) is 0. The molecule has 9 heteroatoms. The molecule has 0 bridgehead atoms. The molecule has 0 spiro atoms. The number of hydrogen-bond donors (Lipinski definition) is 2. The molecule has 0 saturated heterocycles. The number of benzene rings is 2. The third-order valence-corrected chi connectivity index (χ3v) is 3.32. The minimum atomic E-state index is -4.85. The average Bonchev–Trinajstić information content (AvgIpc) is 2.55. The van der Waals surface area contributed by atoms with E-state index in [1.54, 1.807) is 0 Å². The van der Waals surface area contributed by atoms with E-state index in [4.69, 9.17) is 0 Å². The van der Waals surface area contributed by atoms with Crippen molar-refractivity contribution < 1.29 is 37.7 Å². The third kappa shape index (κ3) is 5.69. The van der Waals surface area contributed by atoms with E-state index in [0.29, 0.717) is 5.56 Å². The van der Waals surface area contributed by atoms with Crippen molar-refractivity contribution in [2.24, 2.45) is 0 Å². The summed E-state index contributed by atoms with van der Waals surface area (Å²) < 4.78 is 40.0. The first-order chi connectivity index (χ1) is 12.1. The van der Waals surface area contributed by atoms with Crippen LogP contribution in [0.15, 0.2) is 48.5 Å². The molecule has 0 aliphatic heterocycles. The van der Waals surface area contributed by atoms with Gasteiger partial charge in [-0.3, -0.25) is 4.79 Å². The van der Waals surface area contributed by atoms with Crippen molar-refractivity contribution in [1.82, 2.24) is 5.32 Å². The largest absolute Gasteiger partial charge is 0.573 e. The van der Waals surface area contributed by atoms with Crippen LogP contribution in [0.1, 0.15) is 15.9 Å². The number of aromatic hydroxyl groups is 1. The first kappa shape index (κ1) is 19.1. The standard InChI is InChI=1S/C17H14F3NO5/c18-17(19,20)26-13-7-3-11(4-8-13)15(23)21-14(16(24)25)9-10-1-5-12(22)6-2-10/h1-8,14,22H,9H2,(H,21,23)(H,24,25)/p-1/t14-/m0/s1. The van der Waals surface area contributed by atoms with Crippen LogP contribution in [-0.4, -0.2) is 29.4 Å². The average molecular weight is 368 g/mol. The molecule has 0 unspecified atom stereocenters. The monoisotopic (exact) mass is 368 g/mol. The molecule has 0 saturated carbocycles. The van der Waals surface area contributed by atoms with Crippen LogP contribution < -0.4 is 15.2 Å². The number of ether oxygens (including phenoxy) is 1. The van der Waals surface area contributed by atoms with Gasteiger partial charge < -0.3 is 25.1 Å². The molecule has 0 aliphatic rings. The van der Waals surface area contributed by atoms with E-state index in [-0.39, 0.29) is 17.7 Å². The molecule has 0 aliphatic carbocycles. The number of nitrogens with one attached hydrogen (secondary N) is 1. The van der Waals surface area contributed by atoms with Crippen LogP contribution in [0.25, 0.3) is 0 Å². The summed E-state index contributed by atoms with van der Waals surface area (Å²) in [5, 5.41) is 22.7. The maximum atomic E-state index is 12.1. The molecule has 0 fully saturated rings. The second-order valence-corrected chi connectivity index (χ2v) is 5.29. The lowest BCUT2D eigenvalue weighted by atomic mass is 10.1. The fraction of sp³-hybridized carbons (Fsp3) is 0.176. The third-order valence-electron chi connectivity index (χ3n) is 3.32. The number of hydrogen-bond acceptors (Lipinski definition) is 5. The van der Waals surface area contributed by atoms with Crippen LogP contribution in [0.3, 0.4) is 0 Å². The number of rotatable bonds is 6. The first-order valence-electron chi connectivity index (χ1n) is 7.29. The van der Waals surface area contributed by atoms with Crippen molar-refractivity contribution in [3.8, 4) is 11.5 Å². The molecular formula is C17H13F3NO5-. The Morgan fingerprint density at radius 2 is 1.65 bits per heavy atom. The fourth-order valence-electron chi connectivity index (χ4n) is 2.11. The van der Waals surface area contributed by atoms with Crippen molar-refractivity contribution in [3.63, 3.8) is 0 Å². The zero-order valence-corrected chi connectivity index (χ0v) is 13.1. The quantitative estimate of drug-likeness (QED) is 0.803. The van der Waals surface area contributed by atoms with Crippen molar-refractivity contribution >= 4 is 11.9 Å². The Morgan fingerprint density at radius 1 is 1.08 bits per heavy atom. The number of carbonyl (C=O) groups is 2. The van der Waals surface area contributed by atoms with Gasteiger partial charge in [0.2, 0.25) is 0 Å². The number of aliphatic carboxylic acids is 1. The molecule has 2 N–H and O–H groups in total. The van der Waals surface area contributed by atoms with Gasteiger partial charge in [0.1, 0.15) is 11.5 Å². The van der Waals surface area contributed by atoms with Gasteiger partial charge in [0, 0.05) is 5.56 Å². The van der Waals surface area contributed by atoms with Gasteiger partial charge in [0.25, 0.3) is 5.91 Å². The molecule has 0 aromatic heterocycles. The predicted octanol–water partition coefficient (Wildman–Crippen LogP) is 1.38. The van der Waals surface area contributed by atoms with Gasteiger partial charge >= 0.3 is 6.36 Å². The van der Waals surface area contributed by atoms with E-state index in [9.17, 15) is 33.0 Å². The number of halogens is 3. The maximum Gasteiger partial charge on any atom is 0.573 e. The Morgan fingerprint density at radius 3 is 2.15 bits per heavy atom. The number of carboxylic acid groups (broad SMARTS) is 1. The zero-order chi connectivity index (χ0) is 19.3. The topological polar surface area (TPSA) is 98.7 Å². The van der Waals surface area contributed by atoms with Gasteiger partial charge in [-0.05, 0) is 48.4 Å². The highest BCUT2D eigenvalue weighted by Crippen LogP contribution is 2.22. The molecule has 6 nitrogen and oxygen atoms in total. The highest BCUT2D eigenvalue weighted by molar-refractivity contribution is 5.96. The lowest BCUT2D eigenvalue weighted by molar-refractivity contribution is -0.308. The highest BCUT2D eigenvalue weighted by atomic mass is 19.4. The molecule has 0 heterocycles. The molecule has 0 radical (unpaired) electrons. The van der Waals surface area contributed by atoms with Crippen LogP contribution in [0.5, 0.6) is 11.5 Å². The van der Waals surface area contributed by atoms with Gasteiger partial charge in [-0.15, -0.1) is 13.2 Å². The fourth-order valence-corrected chi connectivity index (χ4v) is 2.11. The van der Waals surface area contributed by atoms with Crippen LogP contribution >= 0.6 is 0 Å².